The Balaban J connectivity index is 2.33. The van der Waals surface area contributed by atoms with Gasteiger partial charge in [-0.25, -0.2) is 13.4 Å². The molecule has 2 N–H and O–H groups in total. The fraction of sp³-hybridized carbons (Fsp3) is 0.714. The number of hydrogen-bond acceptors (Lipinski definition) is 5. The molecule has 1 aromatic rings. The highest BCUT2D eigenvalue weighted by atomic mass is 32.2. The Labute approximate surface area is 137 Å². The Morgan fingerprint density at radius 1 is 1.50 bits per heavy atom. The highest BCUT2D eigenvalue weighted by molar-refractivity contribution is 7.90. The summed E-state index contributed by atoms with van der Waals surface area (Å²) in [6.45, 7) is 4.79. The number of aliphatic imine (C=N–C) groups is 1. The van der Waals surface area contributed by atoms with Crippen LogP contribution in [0, 0.1) is 0 Å². The minimum absolute atomic E-state index is 0.0480. The van der Waals surface area contributed by atoms with Gasteiger partial charge in [0.1, 0.15) is 9.84 Å². The third-order valence-electron chi connectivity index (χ3n) is 3.10. The van der Waals surface area contributed by atoms with Crippen molar-refractivity contribution in [3.63, 3.8) is 0 Å². The predicted octanol–water partition coefficient (Wildman–Crippen LogP) is 1.24. The van der Waals surface area contributed by atoms with Gasteiger partial charge in [0.2, 0.25) is 0 Å². The third kappa shape index (κ3) is 7.74. The molecule has 0 fully saturated rings. The summed E-state index contributed by atoms with van der Waals surface area (Å²) in [5, 5.41) is 9.67. The molecule has 1 aromatic heterocycles. The van der Waals surface area contributed by atoms with E-state index in [-0.39, 0.29) is 11.8 Å². The molecular weight excluding hydrogens is 320 g/mol. The molecule has 1 atom stereocenters. The number of nitrogens with zero attached hydrogens (tertiary/aromatic N) is 2. The number of hydrogen-bond donors (Lipinski definition) is 2. The van der Waals surface area contributed by atoms with Crippen LogP contribution in [0.15, 0.2) is 10.4 Å². The molecule has 0 aromatic carbocycles. The van der Waals surface area contributed by atoms with E-state index in [0.717, 1.165) is 30.1 Å². The molecular formula is C14H26N4O2S2. The molecule has 1 heterocycles. The summed E-state index contributed by atoms with van der Waals surface area (Å²) in [5.41, 5.74) is 1.09. The van der Waals surface area contributed by atoms with Crippen molar-refractivity contribution in [2.45, 2.75) is 39.2 Å². The van der Waals surface area contributed by atoms with Crippen molar-refractivity contribution in [1.82, 2.24) is 15.6 Å². The Kier molecular flexibility index (Phi) is 7.81. The maximum atomic E-state index is 11.2. The molecule has 0 aliphatic carbocycles. The largest absolute Gasteiger partial charge is 0.356 e. The molecule has 0 amide bonds. The SMILES string of the molecule is CCc1nc(CCNC(=NC)NC(C)CCS(C)(=O)=O)cs1. The van der Waals surface area contributed by atoms with Crippen LogP contribution in [0.3, 0.4) is 0 Å². The second kappa shape index (κ2) is 9.09. The van der Waals surface area contributed by atoms with Crippen LogP contribution in [0.5, 0.6) is 0 Å². The Morgan fingerprint density at radius 3 is 2.77 bits per heavy atom. The van der Waals surface area contributed by atoms with Gasteiger partial charge in [0.05, 0.1) is 16.5 Å². The van der Waals surface area contributed by atoms with Crippen LogP contribution >= 0.6 is 11.3 Å². The van der Waals surface area contributed by atoms with Gasteiger partial charge < -0.3 is 10.6 Å². The van der Waals surface area contributed by atoms with Crippen molar-refractivity contribution in [2.75, 3.05) is 25.6 Å². The van der Waals surface area contributed by atoms with Crippen LogP contribution < -0.4 is 10.6 Å². The van der Waals surface area contributed by atoms with Gasteiger partial charge >= 0.3 is 0 Å². The number of guanidine groups is 1. The van der Waals surface area contributed by atoms with Crippen LogP contribution in [-0.4, -0.2) is 51.0 Å². The van der Waals surface area contributed by atoms with E-state index in [1.54, 1.807) is 18.4 Å². The fourth-order valence-electron chi connectivity index (χ4n) is 1.83. The van der Waals surface area contributed by atoms with Gasteiger partial charge in [0, 0.05) is 37.7 Å². The van der Waals surface area contributed by atoms with Gasteiger partial charge in [-0.1, -0.05) is 6.92 Å². The van der Waals surface area contributed by atoms with Crippen molar-refractivity contribution in [3.8, 4) is 0 Å². The Hall–Kier alpha value is -1.15. The topological polar surface area (TPSA) is 83.4 Å². The molecule has 1 rings (SSSR count). The number of rotatable bonds is 8. The smallest absolute Gasteiger partial charge is 0.191 e. The maximum absolute atomic E-state index is 11.2. The number of sulfone groups is 1. The first-order chi connectivity index (χ1) is 10.3. The number of nitrogens with one attached hydrogen (secondary N) is 2. The monoisotopic (exact) mass is 346 g/mol. The van der Waals surface area contributed by atoms with Crippen molar-refractivity contribution in [2.24, 2.45) is 4.99 Å². The second-order valence-corrected chi connectivity index (χ2v) is 8.50. The molecule has 1 unspecified atom stereocenters. The van der Waals surface area contributed by atoms with Crippen LogP contribution in [0.2, 0.25) is 0 Å². The van der Waals surface area contributed by atoms with Gasteiger partial charge in [-0.05, 0) is 19.8 Å². The fourth-order valence-corrected chi connectivity index (χ4v) is 3.39. The normalized spacial score (nSPS) is 13.9. The average molecular weight is 347 g/mol. The van der Waals surface area contributed by atoms with E-state index in [4.69, 9.17) is 0 Å². The molecule has 22 heavy (non-hydrogen) atoms. The minimum Gasteiger partial charge on any atom is -0.356 e. The predicted molar refractivity (Wildman–Crippen MR) is 93.5 cm³/mol. The summed E-state index contributed by atoms with van der Waals surface area (Å²) >= 11 is 1.69. The van der Waals surface area contributed by atoms with Crippen LogP contribution in [0.4, 0.5) is 0 Å². The zero-order valence-electron chi connectivity index (χ0n) is 13.7. The number of thiazole rings is 1. The second-order valence-electron chi connectivity index (χ2n) is 5.30. The standard InChI is InChI=1S/C14H26N4O2S2/c1-5-13-18-12(10-21-13)6-8-16-14(15-3)17-11(2)7-9-22(4,19)20/h10-11H,5-9H2,1-4H3,(H2,15,16,17). The molecule has 0 saturated heterocycles. The zero-order valence-corrected chi connectivity index (χ0v) is 15.4. The van der Waals surface area contributed by atoms with Crippen molar-refractivity contribution in [3.05, 3.63) is 16.1 Å². The lowest BCUT2D eigenvalue weighted by Gasteiger charge is -2.17. The molecule has 8 heteroatoms. The minimum atomic E-state index is -2.92. The molecule has 6 nitrogen and oxygen atoms in total. The zero-order chi connectivity index (χ0) is 16.6. The van der Waals surface area contributed by atoms with Crippen LogP contribution in [0.25, 0.3) is 0 Å². The summed E-state index contributed by atoms with van der Waals surface area (Å²) < 4.78 is 22.3. The van der Waals surface area contributed by atoms with Gasteiger partial charge in [-0.3, -0.25) is 4.99 Å². The van der Waals surface area contributed by atoms with E-state index in [9.17, 15) is 8.42 Å². The first-order valence-electron chi connectivity index (χ1n) is 7.42. The number of aromatic nitrogens is 1. The number of aryl methyl sites for hydroxylation is 1. The lowest BCUT2D eigenvalue weighted by Crippen LogP contribution is -2.43. The average Bonchev–Trinajstić information content (AvgIpc) is 2.91. The molecule has 0 spiro atoms. The van der Waals surface area contributed by atoms with E-state index in [1.807, 2.05) is 6.92 Å². The molecule has 0 saturated carbocycles. The highest BCUT2D eigenvalue weighted by Gasteiger charge is 2.09. The first-order valence-corrected chi connectivity index (χ1v) is 10.4. The summed E-state index contributed by atoms with van der Waals surface area (Å²) in [7, 11) is -1.22. The summed E-state index contributed by atoms with van der Waals surface area (Å²) in [6, 6.07) is 0.0480. The van der Waals surface area contributed by atoms with E-state index < -0.39 is 9.84 Å². The summed E-state index contributed by atoms with van der Waals surface area (Å²) in [4.78, 5) is 8.67. The van der Waals surface area contributed by atoms with Gasteiger partial charge in [-0.2, -0.15) is 0 Å². The maximum Gasteiger partial charge on any atom is 0.191 e. The van der Waals surface area contributed by atoms with E-state index in [2.05, 4.69) is 32.9 Å². The molecule has 126 valence electrons. The summed E-state index contributed by atoms with van der Waals surface area (Å²) in [6.07, 6.45) is 3.63. The van der Waals surface area contributed by atoms with Crippen LogP contribution in [0.1, 0.15) is 31.0 Å². The Bertz CT molecular complexity index is 581. The lowest BCUT2D eigenvalue weighted by molar-refractivity contribution is 0.581. The van der Waals surface area contributed by atoms with Gasteiger partial charge in [0.15, 0.2) is 5.96 Å². The summed E-state index contributed by atoms with van der Waals surface area (Å²) in [5.74, 6) is 0.864. The van der Waals surface area contributed by atoms with Gasteiger partial charge in [-0.15, -0.1) is 11.3 Å². The lowest BCUT2D eigenvalue weighted by atomic mass is 10.3. The third-order valence-corrected chi connectivity index (χ3v) is 5.12. The molecule has 0 bridgehead atoms. The van der Waals surface area contributed by atoms with Crippen molar-refractivity contribution in [1.29, 1.82) is 0 Å². The molecule has 0 aliphatic heterocycles. The van der Waals surface area contributed by atoms with Crippen molar-refractivity contribution >= 4 is 27.1 Å². The highest BCUT2D eigenvalue weighted by Crippen LogP contribution is 2.10. The van der Waals surface area contributed by atoms with Crippen LogP contribution in [-0.2, 0) is 22.7 Å². The van der Waals surface area contributed by atoms with E-state index in [1.165, 1.54) is 6.26 Å². The molecule has 0 aliphatic rings. The first kappa shape index (κ1) is 18.9. The molecule has 0 radical (unpaired) electrons. The Morgan fingerprint density at radius 2 is 2.23 bits per heavy atom. The van der Waals surface area contributed by atoms with E-state index >= 15 is 0 Å². The van der Waals surface area contributed by atoms with Crippen molar-refractivity contribution < 1.29 is 8.42 Å². The quantitative estimate of drug-likeness (QED) is 0.546. The van der Waals surface area contributed by atoms with Gasteiger partial charge in [0.25, 0.3) is 0 Å². The van der Waals surface area contributed by atoms with E-state index in [0.29, 0.717) is 12.4 Å².